The van der Waals surface area contributed by atoms with Gasteiger partial charge in [0.1, 0.15) is 12.4 Å². The molecule has 0 aromatic heterocycles. The molecule has 0 unspecified atom stereocenters. The average Bonchev–Trinajstić information content (AvgIpc) is 3.31. The number of aliphatic imine (C=N–C) groups is 1. The molecule has 5 heteroatoms. The molecule has 0 bridgehead atoms. The normalized spacial score (nSPS) is 16.1. The number of carbonyl (C=O) groups is 1. The Morgan fingerprint density at radius 2 is 1.48 bits per heavy atom. The molecule has 1 saturated heterocycles. The van der Waals surface area contributed by atoms with Crippen LogP contribution in [-0.4, -0.2) is 16.0 Å². The summed E-state index contributed by atoms with van der Waals surface area (Å²) in [5.41, 5.74) is 3.96. The first-order valence-corrected chi connectivity index (χ1v) is 14.1. The van der Waals surface area contributed by atoms with Gasteiger partial charge < -0.3 is 4.74 Å². The molecule has 0 saturated carbocycles. The summed E-state index contributed by atoms with van der Waals surface area (Å²) in [6.07, 6.45) is 1.93. The summed E-state index contributed by atoms with van der Waals surface area (Å²) in [6.45, 7) is 2.53. The van der Waals surface area contributed by atoms with Crippen molar-refractivity contribution in [3.05, 3.63) is 149 Å². The average molecular weight is 541 g/mol. The summed E-state index contributed by atoms with van der Waals surface area (Å²) in [5, 5.41) is 3.08. The second kappa shape index (κ2) is 11.6. The molecule has 4 nitrogen and oxygen atoms in total. The van der Waals surface area contributed by atoms with Gasteiger partial charge in [0, 0.05) is 0 Å². The molecule has 40 heavy (non-hydrogen) atoms. The summed E-state index contributed by atoms with van der Waals surface area (Å²) in [4.78, 5) is 21.0. The molecule has 5 aromatic rings. The molecular weight excluding hydrogens is 512 g/mol. The zero-order valence-electron chi connectivity index (χ0n) is 22.1. The highest BCUT2D eigenvalue weighted by Crippen LogP contribution is 2.39. The lowest BCUT2D eigenvalue weighted by atomic mass is 10.1. The molecule has 1 heterocycles. The quantitative estimate of drug-likeness (QED) is 0.194. The number of amides is 1. The smallest absolute Gasteiger partial charge is 0.267 e. The van der Waals surface area contributed by atoms with E-state index in [1.54, 1.807) is 4.90 Å². The molecule has 196 valence electrons. The van der Waals surface area contributed by atoms with Gasteiger partial charge in [0.2, 0.25) is 0 Å². The van der Waals surface area contributed by atoms with Crippen molar-refractivity contribution in [1.82, 2.24) is 4.90 Å². The lowest BCUT2D eigenvalue weighted by Gasteiger charge is -2.24. The topological polar surface area (TPSA) is 41.9 Å². The standard InChI is InChI=1S/C35H28N2O2S/c1-25(27-11-4-2-5-12-27)37-34(38)33(40-35(37)36-30-16-6-3-7-17-30)23-26-19-21-31(22-20-26)39-24-29-15-10-14-28-13-8-9-18-32(28)29/h2-23,25H,24H2,1H3/b33-23+,36-35?/t25-/m1/s1. The maximum absolute atomic E-state index is 13.7. The molecule has 0 spiro atoms. The summed E-state index contributed by atoms with van der Waals surface area (Å²) in [5.74, 6) is 0.735. The van der Waals surface area contributed by atoms with Crippen LogP contribution in [0.25, 0.3) is 16.8 Å². The van der Waals surface area contributed by atoms with E-state index in [9.17, 15) is 4.79 Å². The van der Waals surface area contributed by atoms with Gasteiger partial charge in [-0.25, -0.2) is 4.99 Å². The number of hydrogen-bond donors (Lipinski definition) is 0. The zero-order valence-corrected chi connectivity index (χ0v) is 22.9. The summed E-state index contributed by atoms with van der Waals surface area (Å²) in [6, 6.07) is 42.1. The Bertz CT molecular complexity index is 1690. The van der Waals surface area contributed by atoms with Crippen LogP contribution < -0.4 is 4.74 Å². The second-order valence-corrected chi connectivity index (χ2v) is 10.6. The number of rotatable bonds is 7. The molecule has 1 aliphatic heterocycles. The van der Waals surface area contributed by atoms with Gasteiger partial charge >= 0.3 is 0 Å². The van der Waals surface area contributed by atoms with E-state index in [-0.39, 0.29) is 11.9 Å². The first kappa shape index (κ1) is 25.7. The molecule has 5 aromatic carbocycles. The lowest BCUT2D eigenvalue weighted by molar-refractivity contribution is -0.123. The number of ether oxygens (including phenoxy) is 1. The Morgan fingerprint density at radius 3 is 2.25 bits per heavy atom. The van der Waals surface area contributed by atoms with Crippen molar-refractivity contribution < 1.29 is 9.53 Å². The van der Waals surface area contributed by atoms with Gasteiger partial charge in [0.05, 0.1) is 16.6 Å². The van der Waals surface area contributed by atoms with Crippen LogP contribution in [0.1, 0.15) is 29.7 Å². The van der Waals surface area contributed by atoms with Crippen LogP contribution in [0.5, 0.6) is 5.75 Å². The Balaban J connectivity index is 1.23. The van der Waals surface area contributed by atoms with E-state index in [0.717, 1.165) is 28.1 Å². The fourth-order valence-corrected chi connectivity index (χ4v) is 5.86. The molecule has 6 rings (SSSR count). The van der Waals surface area contributed by atoms with Crippen LogP contribution in [0.2, 0.25) is 0 Å². The minimum atomic E-state index is -0.153. The first-order chi connectivity index (χ1) is 19.7. The molecule has 1 amide bonds. The fourth-order valence-electron chi connectivity index (χ4n) is 4.79. The van der Waals surface area contributed by atoms with E-state index in [1.807, 2.05) is 110 Å². The number of amidine groups is 1. The number of benzene rings is 5. The highest BCUT2D eigenvalue weighted by molar-refractivity contribution is 8.18. The molecular formula is C35H28N2O2S. The monoisotopic (exact) mass is 540 g/mol. The van der Waals surface area contributed by atoms with Crippen molar-refractivity contribution in [1.29, 1.82) is 0 Å². The van der Waals surface area contributed by atoms with Gasteiger partial charge in [0.25, 0.3) is 5.91 Å². The zero-order chi connectivity index (χ0) is 27.3. The maximum Gasteiger partial charge on any atom is 0.267 e. The minimum absolute atomic E-state index is 0.0488. The Hall–Kier alpha value is -4.61. The minimum Gasteiger partial charge on any atom is -0.489 e. The summed E-state index contributed by atoms with van der Waals surface area (Å²) < 4.78 is 6.11. The number of nitrogens with zero attached hydrogens (tertiary/aromatic N) is 2. The van der Waals surface area contributed by atoms with Gasteiger partial charge in [-0.1, -0.05) is 103 Å². The predicted molar refractivity (Wildman–Crippen MR) is 166 cm³/mol. The number of para-hydroxylation sites is 1. The van der Waals surface area contributed by atoms with E-state index in [2.05, 4.69) is 30.3 Å². The van der Waals surface area contributed by atoms with Crippen LogP contribution >= 0.6 is 11.8 Å². The van der Waals surface area contributed by atoms with E-state index >= 15 is 0 Å². The highest BCUT2D eigenvalue weighted by Gasteiger charge is 2.37. The SMILES string of the molecule is C[C@H](c1ccccc1)N1C(=O)/C(=C\c2ccc(OCc3cccc4ccccc34)cc2)SC1=Nc1ccccc1. The van der Waals surface area contributed by atoms with Crippen molar-refractivity contribution in [3.63, 3.8) is 0 Å². The predicted octanol–water partition coefficient (Wildman–Crippen LogP) is 8.78. The van der Waals surface area contributed by atoms with Crippen LogP contribution in [0.3, 0.4) is 0 Å². The molecule has 0 aliphatic carbocycles. The molecule has 1 fully saturated rings. The molecule has 1 aliphatic rings. The number of fused-ring (bicyclic) bond motifs is 1. The number of hydrogen-bond acceptors (Lipinski definition) is 4. The van der Waals surface area contributed by atoms with Gasteiger partial charge in [-0.05, 0) is 76.5 Å². The van der Waals surface area contributed by atoms with Crippen LogP contribution in [0.4, 0.5) is 5.69 Å². The van der Waals surface area contributed by atoms with Gasteiger partial charge in [-0.3, -0.25) is 9.69 Å². The third-order valence-corrected chi connectivity index (χ3v) is 7.92. The summed E-state index contributed by atoms with van der Waals surface area (Å²) >= 11 is 1.41. The van der Waals surface area contributed by atoms with Gasteiger partial charge in [-0.15, -0.1) is 0 Å². The Kier molecular flexibility index (Phi) is 7.47. The van der Waals surface area contributed by atoms with E-state index < -0.39 is 0 Å². The molecule has 0 radical (unpaired) electrons. The third kappa shape index (κ3) is 5.56. The highest BCUT2D eigenvalue weighted by atomic mass is 32.2. The molecule has 1 atom stereocenters. The largest absolute Gasteiger partial charge is 0.489 e. The van der Waals surface area contributed by atoms with Gasteiger partial charge in [-0.2, -0.15) is 0 Å². The number of thioether (sulfide) groups is 1. The van der Waals surface area contributed by atoms with E-state index in [0.29, 0.717) is 16.7 Å². The van der Waals surface area contributed by atoms with Crippen molar-refractivity contribution >= 4 is 45.4 Å². The van der Waals surface area contributed by atoms with Crippen LogP contribution in [0.15, 0.2) is 137 Å². The first-order valence-electron chi connectivity index (χ1n) is 13.3. The third-order valence-electron chi connectivity index (χ3n) is 6.94. The number of carbonyl (C=O) groups excluding carboxylic acids is 1. The van der Waals surface area contributed by atoms with Gasteiger partial charge in [0.15, 0.2) is 5.17 Å². The van der Waals surface area contributed by atoms with Crippen molar-refractivity contribution in [3.8, 4) is 5.75 Å². The molecule has 0 N–H and O–H groups in total. The maximum atomic E-state index is 13.7. The van der Waals surface area contributed by atoms with E-state index in [4.69, 9.17) is 9.73 Å². The Labute approximate surface area is 238 Å². The lowest BCUT2D eigenvalue weighted by Crippen LogP contribution is -2.32. The second-order valence-electron chi connectivity index (χ2n) is 9.60. The van der Waals surface area contributed by atoms with Crippen molar-refractivity contribution in [2.75, 3.05) is 0 Å². The van der Waals surface area contributed by atoms with Crippen molar-refractivity contribution in [2.45, 2.75) is 19.6 Å². The van der Waals surface area contributed by atoms with Crippen LogP contribution in [-0.2, 0) is 11.4 Å². The fraction of sp³-hybridized carbons (Fsp3) is 0.0857. The Morgan fingerprint density at radius 1 is 0.800 bits per heavy atom. The van der Waals surface area contributed by atoms with Crippen LogP contribution in [0, 0.1) is 0 Å². The summed E-state index contributed by atoms with van der Waals surface area (Å²) in [7, 11) is 0. The van der Waals surface area contributed by atoms with E-state index in [1.165, 1.54) is 22.5 Å². The van der Waals surface area contributed by atoms with Crippen molar-refractivity contribution in [2.24, 2.45) is 4.99 Å².